The summed E-state index contributed by atoms with van der Waals surface area (Å²) in [6.07, 6.45) is 2.13. The molecule has 0 radical (unpaired) electrons. The minimum atomic E-state index is -0.0191. The molecule has 1 heterocycles. The fraction of sp³-hybridized carbons (Fsp3) is 0.357. The number of benzene rings is 1. The third-order valence-electron chi connectivity index (χ3n) is 3.00. The second-order valence-electron chi connectivity index (χ2n) is 4.39. The molecule has 21 heavy (non-hydrogen) atoms. The fourth-order valence-electron chi connectivity index (χ4n) is 1.93. The number of hydrogen-bond acceptors (Lipinski definition) is 4. The Kier molecular flexibility index (Phi) is 6.84. The number of aryl methyl sites for hydroxylation is 1. The van der Waals surface area contributed by atoms with Gasteiger partial charge in [-0.05, 0) is 26.1 Å². The van der Waals surface area contributed by atoms with Crippen molar-refractivity contribution in [3.63, 3.8) is 0 Å². The Labute approximate surface area is 130 Å². The van der Waals surface area contributed by atoms with Gasteiger partial charge >= 0.3 is 0 Å². The Hall–Kier alpha value is -1.92. The largest absolute Gasteiger partial charge is 0.325 e. The van der Waals surface area contributed by atoms with Crippen molar-refractivity contribution in [2.45, 2.75) is 19.9 Å². The van der Waals surface area contributed by atoms with Gasteiger partial charge in [0.2, 0.25) is 5.91 Å². The van der Waals surface area contributed by atoms with Crippen LogP contribution >= 0.6 is 12.4 Å². The highest BCUT2D eigenvalue weighted by atomic mass is 35.5. The quantitative estimate of drug-likeness (QED) is 0.855. The van der Waals surface area contributed by atoms with Crippen molar-refractivity contribution in [2.24, 2.45) is 0 Å². The van der Waals surface area contributed by atoms with Gasteiger partial charge in [-0.2, -0.15) is 0 Å². The topological polar surface area (TPSA) is 71.8 Å². The summed E-state index contributed by atoms with van der Waals surface area (Å²) in [4.78, 5) is 11.9. The summed E-state index contributed by atoms with van der Waals surface area (Å²) < 4.78 is 1.94. The number of para-hydroxylation sites is 1. The van der Waals surface area contributed by atoms with Crippen LogP contribution in [-0.2, 0) is 11.3 Å². The molecule has 1 aromatic carbocycles. The monoisotopic (exact) mass is 309 g/mol. The number of carbonyl (C=O) groups is 1. The molecule has 0 aliphatic rings. The summed E-state index contributed by atoms with van der Waals surface area (Å²) in [7, 11) is 1.82. The maximum atomic E-state index is 11.9. The lowest BCUT2D eigenvalue weighted by Gasteiger charge is -2.11. The summed E-state index contributed by atoms with van der Waals surface area (Å²) in [5.74, 6) is 0.742. The Morgan fingerprint density at radius 2 is 2.10 bits per heavy atom. The maximum Gasteiger partial charge on any atom is 0.225 e. The molecule has 0 bridgehead atoms. The van der Waals surface area contributed by atoms with Gasteiger partial charge in [0.05, 0.1) is 5.69 Å². The Morgan fingerprint density at radius 3 is 2.81 bits per heavy atom. The van der Waals surface area contributed by atoms with Gasteiger partial charge in [-0.25, -0.2) is 0 Å². The number of nitrogens with one attached hydrogen (secondary N) is 2. The third-order valence-corrected chi connectivity index (χ3v) is 3.00. The summed E-state index contributed by atoms with van der Waals surface area (Å²) in [6, 6.07) is 7.63. The van der Waals surface area contributed by atoms with E-state index < -0.39 is 0 Å². The third kappa shape index (κ3) is 4.27. The van der Waals surface area contributed by atoms with E-state index in [-0.39, 0.29) is 18.3 Å². The van der Waals surface area contributed by atoms with E-state index in [1.807, 2.05) is 42.8 Å². The molecule has 0 aliphatic heterocycles. The molecular formula is C14H20ClN5O. The van der Waals surface area contributed by atoms with E-state index in [4.69, 9.17) is 0 Å². The van der Waals surface area contributed by atoms with Gasteiger partial charge in [-0.15, -0.1) is 22.6 Å². The molecule has 114 valence electrons. The Morgan fingerprint density at radius 1 is 1.33 bits per heavy atom. The highest BCUT2D eigenvalue weighted by molar-refractivity contribution is 5.94. The van der Waals surface area contributed by atoms with Crippen LogP contribution in [0.5, 0.6) is 0 Å². The normalized spacial score (nSPS) is 10.0. The van der Waals surface area contributed by atoms with E-state index in [2.05, 4.69) is 20.8 Å². The van der Waals surface area contributed by atoms with Crippen molar-refractivity contribution in [3.8, 4) is 11.4 Å². The molecule has 1 aromatic heterocycles. The molecule has 2 rings (SSSR count). The van der Waals surface area contributed by atoms with Gasteiger partial charge in [0.1, 0.15) is 6.33 Å². The lowest BCUT2D eigenvalue weighted by atomic mass is 10.1. The molecule has 1 amide bonds. The first-order chi connectivity index (χ1) is 9.76. The van der Waals surface area contributed by atoms with Crippen LogP contribution < -0.4 is 10.6 Å². The lowest BCUT2D eigenvalue weighted by molar-refractivity contribution is -0.116. The molecule has 0 saturated heterocycles. The lowest BCUT2D eigenvalue weighted by Crippen LogP contribution is -2.19. The molecular weight excluding hydrogens is 290 g/mol. The van der Waals surface area contributed by atoms with Crippen molar-refractivity contribution in [2.75, 3.05) is 18.9 Å². The van der Waals surface area contributed by atoms with Gasteiger partial charge < -0.3 is 15.2 Å². The smallest absolute Gasteiger partial charge is 0.225 e. The summed E-state index contributed by atoms with van der Waals surface area (Å²) in [5.41, 5.74) is 1.64. The predicted molar refractivity (Wildman–Crippen MR) is 85.6 cm³/mol. The SMILES string of the molecule is CCn1cnnc1-c1ccccc1NC(=O)CCNC.Cl. The van der Waals surface area contributed by atoms with Crippen LogP contribution in [0.3, 0.4) is 0 Å². The number of anilines is 1. The van der Waals surface area contributed by atoms with Crippen LogP contribution in [0.4, 0.5) is 5.69 Å². The van der Waals surface area contributed by atoms with Crippen molar-refractivity contribution in [3.05, 3.63) is 30.6 Å². The molecule has 0 atom stereocenters. The van der Waals surface area contributed by atoms with Gasteiger partial charge in [0, 0.05) is 25.1 Å². The first kappa shape index (κ1) is 17.1. The van der Waals surface area contributed by atoms with E-state index >= 15 is 0 Å². The number of carbonyl (C=O) groups excluding carboxylic acids is 1. The number of hydrogen-bond donors (Lipinski definition) is 2. The van der Waals surface area contributed by atoms with Crippen LogP contribution in [-0.4, -0.2) is 34.3 Å². The number of amides is 1. The zero-order chi connectivity index (χ0) is 14.4. The van der Waals surface area contributed by atoms with Crippen LogP contribution in [0.2, 0.25) is 0 Å². The Balaban J connectivity index is 0.00000220. The summed E-state index contributed by atoms with van der Waals surface area (Å²) in [6.45, 7) is 3.46. The van der Waals surface area contributed by atoms with Gasteiger partial charge in [-0.1, -0.05) is 12.1 Å². The Bertz CT molecular complexity index is 584. The van der Waals surface area contributed by atoms with E-state index in [1.54, 1.807) is 6.33 Å². The molecule has 2 N–H and O–H groups in total. The van der Waals surface area contributed by atoms with E-state index in [0.717, 1.165) is 23.6 Å². The molecule has 7 heteroatoms. The molecule has 0 unspecified atom stereocenters. The zero-order valence-electron chi connectivity index (χ0n) is 12.2. The number of halogens is 1. The first-order valence-electron chi connectivity index (χ1n) is 6.68. The van der Waals surface area contributed by atoms with E-state index in [1.165, 1.54) is 0 Å². The van der Waals surface area contributed by atoms with Gasteiger partial charge in [0.25, 0.3) is 0 Å². The van der Waals surface area contributed by atoms with Crippen molar-refractivity contribution < 1.29 is 4.79 Å². The highest BCUT2D eigenvalue weighted by Gasteiger charge is 2.12. The minimum absolute atomic E-state index is 0. The fourth-order valence-corrected chi connectivity index (χ4v) is 1.93. The molecule has 2 aromatic rings. The number of nitrogens with zero attached hydrogens (tertiary/aromatic N) is 3. The zero-order valence-corrected chi connectivity index (χ0v) is 13.0. The second kappa shape index (κ2) is 8.39. The molecule has 0 fully saturated rings. The average Bonchev–Trinajstić information content (AvgIpc) is 2.94. The van der Waals surface area contributed by atoms with Gasteiger partial charge in [-0.3, -0.25) is 4.79 Å². The van der Waals surface area contributed by atoms with Gasteiger partial charge in [0.15, 0.2) is 5.82 Å². The van der Waals surface area contributed by atoms with Crippen molar-refractivity contribution in [1.29, 1.82) is 0 Å². The highest BCUT2D eigenvalue weighted by Crippen LogP contribution is 2.26. The first-order valence-corrected chi connectivity index (χ1v) is 6.68. The van der Waals surface area contributed by atoms with Crippen molar-refractivity contribution >= 4 is 24.0 Å². The van der Waals surface area contributed by atoms with Crippen molar-refractivity contribution in [1.82, 2.24) is 20.1 Å². The number of rotatable bonds is 6. The molecule has 6 nitrogen and oxygen atoms in total. The van der Waals surface area contributed by atoms with Crippen LogP contribution in [0, 0.1) is 0 Å². The van der Waals surface area contributed by atoms with Crippen LogP contribution in [0.1, 0.15) is 13.3 Å². The molecule has 0 aliphatic carbocycles. The number of aromatic nitrogens is 3. The second-order valence-corrected chi connectivity index (χ2v) is 4.39. The predicted octanol–water partition coefficient (Wildman–Crippen LogP) is 1.93. The van der Waals surface area contributed by atoms with E-state index in [0.29, 0.717) is 13.0 Å². The average molecular weight is 310 g/mol. The maximum absolute atomic E-state index is 11.9. The van der Waals surface area contributed by atoms with E-state index in [9.17, 15) is 4.79 Å². The summed E-state index contributed by atoms with van der Waals surface area (Å²) in [5, 5.41) is 13.9. The van der Waals surface area contributed by atoms with Crippen LogP contribution in [0.25, 0.3) is 11.4 Å². The minimum Gasteiger partial charge on any atom is -0.325 e. The molecule has 0 spiro atoms. The standard InChI is InChI=1S/C14H19N5O.ClH/c1-3-19-10-16-18-14(19)11-6-4-5-7-12(11)17-13(20)8-9-15-2;/h4-7,10,15H,3,8-9H2,1-2H3,(H,17,20);1H. The van der Waals surface area contributed by atoms with Crippen LogP contribution in [0.15, 0.2) is 30.6 Å². The molecule has 0 saturated carbocycles. The summed E-state index contributed by atoms with van der Waals surface area (Å²) >= 11 is 0.